The second kappa shape index (κ2) is 7.02. The quantitative estimate of drug-likeness (QED) is 0.900. The van der Waals surface area contributed by atoms with E-state index >= 15 is 0 Å². The molecule has 0 aliphatic carbocycles. The van der Waals surface area contributed by atoms with Crippen LogP contribution in [-0.4, -0.2) is 32.0 Å². The third-order valence-corrected chi connectivity index (χ3v) is 2.61. The van der Waals surface area contributed by atoms with Crippen LogP contribution in [0.4, 0.5) is 29.3 Å². The minimum absolute atomic E-state index is 0.382. The van der Waals surface area contributed by atoms with Crippen LogP contribution in [0, 0.1) is 0 Å². The van der Waals surface area contributed by atoms with Crippen LogP contribution in [0.5, 0.6) is 0 Å². The number of alkyl halides is 3. The highest BCUT2D eigenvalue weighted by atomic mass is 19.4. The van der Waals surface area contributed by atoms with Crippen molar-refractivity contribution in [1.29, 1.82) is 0 Å². The van der Waals surface area contributed by atoms with Crippen LogP contribution in [-0.2, 0) is 4.74 Å². The minimum atomic E-state index is -4.52. The first-order chi connectivity index (χ1) is 9.35. The molecule has 0 atom stereocenters. The Kier molecular flexibility index (Phi) is 5.66. The van der Waals surface area contributed by atoms with E-state index in [1.54, 1.807) is 24.3 Å². The molecular formula is C13H17F3N2O2. The molecule has 0 heterocycles. The number of anilines is 2. The summed E-state index contributed by atoms with van der Waals surface area (Å²) in [6, 6.07) is 6.80. The Labute approximate surface area is 115 Å². The number of carbonyl (C=O) groups excluding carboxylic acids is 1. The number of rotatable bonds is 5. The summed E-state index contributed by atoms with van der Waals surface area (Å²) in [6.07, 6.45) is -5.65. The van der Waals surface area contributed by atoms with E-state index < -0.39 is 18.9 Å². The van der Waals surface area contributed by atoms with Gasteiger partial charge in [0.15, 0.2) is 6.61 Å². The molecule has 1 rings (SSSR count). The van der Waals surface area contributed by atoms with Gasteiger partial charge in [-0.3, -0.25) is 5.32 Å². The van der Waals surface area contributed by atoms with Crippen LogP contribution in [0.2, 0.25) is 0 Å². The van der Waals surface area contributed by atoms with E-state index in [-0.39, 0.29) is 0 Å². The van der Waals surface area contributed by atoms with Gasteiger partial charge in [0.05, 0.1) is 0 Å². The Balaban J connectivity index is 2.55. The number of benzene rings is 1. The van der Waals surface area contributed by atoms with Gasteiger partial charge in [0.2, 0.25) is 0 Å². The van der Waals surface area contributed by atoms with Gasteiger partial charge < -0.3 is 9.64 Å². The fourth-order valence-electron chi connectivity index (χ4n) is 1.65. The number of amides is 1. The van der Waals surface area contributed by atoms with Crippen molar-refractivity contribution in [1.82, 2.24) is 0 Å². The molecule has 7 heteroatoms. The summed E-state index contributed by atoms with van der Waals surface area (Å²) in [5.41, 5.74) is 1.36. The van der Waals surface area contributed by atoms with Crippen molar-refractivity contribution in [2.45, 2.75) is 20.0 Å². The summed E-state index contributed by atoms with van der Waals surface area (Å²) in [5.74, 6) is 0. The molecule has 0 aromatic heterocycles. The maximum Gasteiger partial charge on any atom is 0.422 e. The first-order valence-corrected chi connectivity index (χ1v) is 6.21. The van der Waals surface area contributed by atoms with Crippen LogP contribution in [0.15, 0.2) is 24.3 Å². The van der Waals surface area contributed by atoms with E-state index in [0.29, 0.717) is 5.69 Å². The highest BCUT2D eigenvalue weighted by molar-refractivity contribution is 5.84. The predicted octanol–water partition coefficient (Wildman–Crippen LogP) is 3.64. The second-order valence-electron chi connectivity index (χ2n) is 4.04. The van der Waals surface area contributed by atoms with Gasteiger partial charge in [0, 0.05) is 24.5 Å². The van der Waals surface area contributed by atoms with E-state index in [9.17, 15) is 18.0 Å². The first kappa shape index (κ1) is 16.1. The van der Waals surface area contributed by atoms with E-state index in [4.69, 9.17) is 0 Å². The number of nitrogens with one attached hydrogen (secondary N) is 1. The summed E-state index contributed by atoms with van der Waals surface area (Å²) >= 11 is 0. The molecule has 1 N–H and O–H groups in total. The zero-order valence-electron chi connectivity index (χ0n) is 11.3. The van der Waals surface area contributed by atoms with Crippen molar-refractivity contribution in [2.24, 2.45) is 0 Å². The van der Waals surface area contributed by atoms with Crippen molar-refractivity contribution in [3.63, 3.8) is 0 Å². The van der Waals surface area contributed by atoms with Crippen molar-refractivity contribution in [3.8, 4) is 0 Å². The third-order valence-electron chi connectivity index (χ3n) is 2.61. The van der Waals surface area contributed by atoms with Gasteiger partial charge in [-0.15, -0.1) is 0 Å². The molecular weight excluding hydrogens is 273 g/mol. The monoisotopic (exact) mass is 290 g/mol. The molecule has 0 fully saturated rings. The highest BCUT2D eigenvalue weighted by Crippen LogP contribution is 2.18. The smallest absolute Gasteiger partial charge is 0.422 e. The zero-order chi connectivity index (χ0) is 15.2. The predicted molar refractivity (Wildman–Crippen MR) is 71.0 cm³/mol. The topological polar surface area (TPSA) is 41.6 Å². The van der Waals surface area contributed by atoms with Crippen molar-refractivity contribution < 1.29 is 22.7 Å². The van der Waals surface area contributed by atoms with Crippen molar-refractivity contribution >= 4 is 17.5 Å². The lowest BCUT2D eigenvalue weighted by Crippen LogP contribution is -2.23. The van der Waals surface area contributed by atoms with Crippen LogP contribution in [0.3, 0.4) is 0 Å². The normalized spacial score (nSPS) is 11.1. The standard InChI is InChI=1S/C13H17F3N2O2/c1-3-18(4-2)11-7-5-10(6-8-11)17-12(19)20-9-13(14,15)16/h5-8H,3-4,9H2,1-2H3,(H,17,19). The fraction of sp³-hybridized carbons (Fsp3) is 0.462. The van der Waals surface area contributed by atoms with Gasteiger partial charge in [-0.2, -0.15) is 13.2 Å². The van der Waals surface area contributed by atoms with E-state index in [2.05, 4.69) is 15.0 Å². The molecule has 0 bridgehead atoms. The molecule has 20 heavy (non-hydrogen) atoms. The summed E-state index contributed by atoms with van der Waals surface area (Å²) in [6.45, 7) is 4.12. The summed E-state index contributed by atoms with van der Waals surface area (Å²) in [4.78, 5) is 13.2. The Morgan fingerprint density at radius 3 is 2.20 bits per heavy atom. The van der Waals surface area contributed by atoms with Gasteiger partial charge in [0.25, 0.3) is 0 Å². The molecule has 4 nitrogen and oxygen atoms in total. The van der Waals surface area contributed by atoms with Gasteiger partial charge in [-0.05, 0) is 38.1 Å². The molecule has 0 unspecified atom stereocenters. The largest absolute Gasteiger partial charge is 0.440 e. The molecule has 112 valence electrons. The second-order valence-corrected chi connectivity index (χ2v) is 4.04. The number of ether oxygens (including phenoxy) is 1. The molecule has 0 saturated carbocycles. The minimum Gasteiger partial charge on any atom is -0.440 e. The summed E-state index contributed by atoms with van der Waals surface area (Å²) < 4.78 is 39.6. The third kappa shape index (κ3) is 5.38. The Morgan fingerprint density at radius 1 is 1.20 bits per heavy atom. The maximum absolute atomic E-state index is 11.9. The lowest BCUT2D eigenvalue weighted by atomic mass is 10.2. The molecule has 0 aliphatic heterocycles. The van der Waals surface area contributed by atoms with Crippen LogP contribution in [0.1, 0.15) is 13.8 Å². The lowest BCUT2D eigenvalue weighted by Gasteiger charge is -2.21. The average Bonchev–Trinajstić information content (AvgIpc) is 2.39. The zero-order valence-corrected chi connectivity index (χ0v) is 11.3. The van der Waals surface area contributed by atoms with Crippen molar-refractivity contribution in [3.05, 3.63) is 24.3 Å². The van der Waals surface area contributed by atoms with E-state index in [0.717, 1.165) is 18.8 Å². The van der Waals surface area contributed by atoms with Gasteiger partial charge in [-0.1, -0.05) is 0 Å². The molecule has 0 radical (unpaired) electrons. The van der Waals surface area contributed by atoms with Crippen LogP contribution >= 0.6 is 0 Å². The van der Waals surface area contributed by atoms with Gasteiger partial charge >= 0.3 is 12.3 Å². The first-order valence-electron chi connectivity index (χ1n) is 6.21. The Morgan fingerprint density at radius 2 is 1.75 bits per heavy atom. The number of halogens is 3. The SMILES string of the molecule is CCN(CC)c1ccc(NC(=O)OCC(F)(F)F)cc1. The molecule has 0 spiro atoms. The van der Waals surface area contributed by atoms with E-state index in [1.807, 2.05) is 13.8 Å². The average molecular weight is 290 g/mol. The summed E-state index contributed by atoms with van der Waals surface area (Å²) in [5, 5.41) is 2.24. The van der Waals surface area contributed by atoms with E-state index in [1.165, 1.54) is 0 Å². The number of hydrogen-bond acceptors (Lipinski definition) is 3. The maximum atomic E-state index is 11.9. The molecule has 1 aromatic rings. The number of carbonyl (C=O) groups is 1. The Bertz CT molecular complexity index is 428. The lowest BCUT2D eigenvalue weighted by molar-refractivity contribution is -0.159. The molecule has 0 aliphatic rings. The number of nitrogens with zero attached hydrogens (tertiary/aromatic N) is 1. The Hall–Kier alpha value is -1.92. The molecule has 1 amide bonds. The molecule has 1 aromatic carbocycles. The fourth-order valence-corrected chi connectivity index (χ4v) is 1.65. The van der Waals surface area contributed by atoms with Gasteiger partial charge in [0.1, 0.15) is 0 Å². The van der Waals surface area contributed by atoms with Gasteiger partial charge in [-0.25, -0.2) is 4.79 Å². The van der Waals surface area contributed by atoms with Crippen LogP contribution < -0.4 is 10.2 Å². The van der Waals surface area contributed by atoms with Crippen molar-refractivity contribution in [2.75, 3.05) is 29.9 Å². The number of hydrogen-bond donors (Lipinski definition) is 1. The highest BCUT2D eigenvalue weighted by Gasteiger charge is 2.29. The van der Waals surface area contributed by atoms with Crippen LogP contribution in [0.25, 0.3) is 0 Å². The summed E-state index contributed by atoms with van der Waals surface area (Å²) in [7, 11) is 0. The molecule has 0 saturated heterocycles.